The van der Waals surface area contributed by atoms with Crippen LogP contribution in [0.15, 0.2) is 42.5 Å². The summed E-state index contributed by atoms with van der Waals surface area (Å²) in [5.41, 5.74) is 0.567. The van der Waals surface area contributed by atoms with Crippen molar-refractivity contribution in [3.63, 3.8) is 0 Å². The molecule has 0 bridgehead atoms. The Hall–Kier alpha value is -2.31. The zero-order chi connectivity index (χ0) is 16.8. The van der Waals surface area contributed by atoms with E-state index < -0.39 is 10.9 Å². The number of esters is 1. The maximum atomic E-state index is 11.6. The van der Waals surface area contributed by atoms with Gasteiger partial charge in [-0.1, -0.05) is 29.3 Å². The second-order valence-electron chi connectivity index (χ2n) is 4.44. The predicted octanol–water partition coefficient (Wildman–Crippen LogP) is 4.02. The third kappa shape index (κ3) is 5.12. The summed E-state index contributed by atoms with van der Waals surface area (Å²) in [4.78, 5) is 21.6. The van der Waals surface area contributed by atoms with Crippen molar-refractivity contribution in [3.8, 4) is 5.75 Å². The fourth-order valence-electron chi connectivity index (χ4n) is 1.64. The zero-order valence-electron chi connectivity index (χ0n) is 11.7. The van der Waals surface area contributed by atoms with Gasteiger partial charge < -0.3 is 9.47 Å². The van der Waals surface area contributed by atoms with Crippen molar-refractivity contribution < 1.29 is 19.2 Å². The van der Waals surface area contributed by atoms with Gasteiger partial charge in [0.15, 0.2) is 6.61 Å². The summed E-state index contributed by atoms with van der Waals surface area (Å²) in [5, 5.41) is 11.4. The summed E-state index contributed by atoms with van der Waals surface area (Å²) in [6, 6.07) is 10.2. The lowest BCUT2D eigenvalue weighted by atomic mass is 10.2. The van der Waals surface area contributed by atoms with Crippen LogP contribution in [0.3, 0.4) is 0 Å². The van der Waals surface area contributed by atoms with Crippen LogP contribution in [0, 0.1) is 10.1 Å². The second kappa shape index (κ2) is 7.80. The topological polar surface area (TPSA) is 78.7 Å². The third-order valence-electron chi connectivity index (χ3n) is 2.81. The zero-order valence-corrected chi connectivity index (χ0v) is 13.2. The van der Waals surface area contributed by atoms with Gasteiger partial charge in [0.25, 0.3) is 5.69 Å². The van der Waals surface area contributed by atoms with Gasteiger partial charge in [0.2, 0.25) is 0 Å². The molecule has 2 aromatic carbocycles. The molecule has 0 heterocycles. The van der Waals surface area contributed by atoms with Gasteiger partial charge in [-0.05, 0) is 24.3 Å². The highest BCUT2D eigenvalue weighted by molar-refractivity contribution is 6.35. The maximum Gasteiger partial charge on any atom is 0.344 e. The minimum absolute atomic E-state index is 0.00153. The minimum Gasteiger partial charge on any atom is -0.482 e. The van der Waals surface area contributed by atoms with E-state index in [4.69, 9.17) is 32.7 Å². The van der Waals surface area contributed by atoms with Crippen LogP contribution < -0.4 is 4.74 Å². The highest BCUT2D eigenvalue weighted by atomic mass is 35.5. The first-order valence-corrected chi connectivity index (χ1v) is 7.18. The lowest BCUT2D eigenvalue weighted by Crippen LogP contribution is -2.14. The van der Waals surface area contributed by atoms with Crippen LogP contribution in [-0.2, 0) is 16.1 Å². The normalized spacial score (nSPS) is 10.2. The van der Waals surface area contributed by atoms with Crippen LogP contribution in [0.5, 0.6) is 5.75 Å². The monoisotopic (exact) mass is 355 g/mol. The van der Waals surface area contributed by atoms with Gasteiger partial charge in [-0.15, -0.1) is 0 Å². The SMILES string of the molecule is O=C(COc1ccc([N+](=O)[O-])cc1)OCc1ccc(Cl)cc1Cl. The fraction of sp³-hybridized carbons (Fsp3) is 0.133. The summed E-state index contributed by atoms with van der Waals surface area (Å²) < 4.78 is 10.2. The first kappa shape index (κ1) is 17.1. The van der Waals surface area contributed by atoms with Crippen molar-refractivity contribution in [2.75, 3.05) is 6.61 Å². The molecule has 2 aromatic rings. The van der Waals surface area contributed by atoms with Crippen LogP contribution >= 0.6 is 23.2 Å². The van der Waals surface area contributed by atoms with Crippen LogP contribution in [0.2, 0.25) is 10.0 Å². The Kier molecular flexibility index (Phi) is 5.78. The van der Waals surface area contributed by atoms with Crippen LogP contribution in [0.4, 0.5) is 5.69 Å². The van der Waals surface area contributed by atoms with Crippen molar-refractivity contribution in [2.45, 2.75) is 6.61 Å². The van der Waals surface area contributed by atoms with Gasteiger partial charge in [0.1, 0.15) is 12.4 Å². The number of benzene rings is 2. The molecule has 0 amide bonds. The summed E-state index contributed by atoms with van der Waals surface area (Å²) in [5.74, 6) is -0.258. The van der Waals surface area contributed by atoms with Gasteiger partial charge in [-0.25, -0.2) is 4.79 Å². The summed E-state index contributed by atoms with van der Waals surface area (Å²) in [6.07, 6.45) is 0. The Balaban J connectivity index is 1.82. The molecule has 0 aliphatic rings. The number of hydrogen-bond donors (Lipinski definition) is 0. The smallest absolute Gasteiger partial charge is 0.344 e. The molecule has 0 spiro atoms. The first-order valence-electron chi connectivity index (χ1n) is 6.42. The van der Waals surface area contributed by atoms with Crippen LogP contribution in [0.25, 0.3) is 0 Å². The molecule has 0 fully saturated rings. The minimum atomic E-state index is -0.589. The van der Waals surface area contributed by atoms with Gasteiger partial charge >= 0.3 is 5.97 Å². The van der Waals surface area contributed by atoms with E-state index in [2.05, 4.69) is 0 Å². The molecule has 6 nitrogen and oxygen atoms in total. The lowest BCUT2D eigenvalue weighted by Gasteiger charge is -2.08. The summed E-state index contributed by atoms with van der Waals surface area (Å²) in [6.45, 7) is -0.318. The standard InChI is InChI=1S/C15H11Cl2NO5/c16-11-2-1-10(14(17)7-11)8-23-15(19)9-22-13-5-3-12(4-6-13)18(20)21/h1-7H,8-9H2. The van der Waals surface area contributed by atoms with Gasteiger partial charge in [-0.2, -0.15) is 0 Å². The highest BCUT2D eigenvalue weighted by Gasteiger charge is 2.09. The van der Waals surface area contributed by atoms with Gasteiger partial charge in [-0.3, -0.25) is 10.1 Å². The summed E-state index contributed by atoms with van der Waals surface area (Å²) >= 11 is 11.7. The highest BCUT2D eigenvalue weighted by Crippen LogP contribution is 2.21. The average Bonchev–Trinajstić information content (AvgIpc) is 2.52. The van der Waals surface area contributed by atoms with Crippen molar-refractivity contribution in [1.29, 1.82) is 0 Å². The summed E-state index contributed by atoms with van der Waals surface area (Å²) in [7, 11) is 0. The number of ether oxygens (including phenoxy) is 2. The maximum absolute atomic E-state index is 11.6. The molecule has 8 heteroatoms. The largest absolute Gasteiger partial charge is 0.482 e. The van der Waals surface area contributed by atoms with Gasteiger partial charge in [0.05, 0.1) is 4.92 Å². The number of nitrogens with zero attached hydrogens (tertiary/aromatic N) is 1. The molecule has 0 saturated carbocycles. The molecule has 0 saturated heterocycles. The van der Waals surface area contributed by atoms with E-state index in [0.717, 1.165) is 0 Å². The number of hydrogen-bond acceptors (Lipinski definition) is 5. The van der Waals surface area contributed by atoms with E-state index in [-0.39, 0.29) is 18.9 Å². The second-order valence-corrected chi connectivity index (χ2v) is 5.28. The predicted molar refractivity (Wildman–Crippen MR) is 84.8 cm³/mol. The van der Waals surface area contributed by atoms with Crippen molar-refractivity contribution in [2.24, 2.45) is 0 Å². The fourth-order valence-corrected chi connectivity index (χ4v) is 2.11. The first-order chi connectivity index (χ1) is 11.0. The third-order valence-corrected chi connectivity index (χ3v) is 3.39. The molecule has 0 unspecified atom stereocenters. The number of nitro groups is 1. The lowest BCUT2D eigenvalue weighted by molar-refractivity contribution is -0.384. The molecule has 0 N–H and O–H groups in total. The number of non-ortho nitro benzene ring substituents is 1. The molecule has 2 rings (SSSR count). The molecule has 0 aliphatic carbocycles. The Morgan fingerprint density at radius 3 is 2.43 bits per heavy atom. The van der Waals surface area contributed by atoms with E-state index in [1.807, 2.05) is 0 Å². The number of rotatable bonds is 6. The molecule has 0 atom stereocenters. The molecular weight excluding hydrogens is 345 g/mol. The van der Waals surface area contributed by atoms with Crippen LogP contribution in [-0.4, -0.2) is 17.5 Å². The van der Waals surface area contributed by atoms with Crippen LogP contribution in [0.1, 0.15) is 5.56 Å². The molecule has 0 aliphatic heterocycles. The van der Waals surface area contributed by atoms with E-state index in [1.165, 1.54) is 24.3 Å². The van der Waals surface area contributed by atoms with E-state index >= 15 is 0 Å². The van der Waals surface area contributed by atoms with Crippen molar-refractivity contribution in [3.05, 3.63) is 68.2 Å². The molecule has 0 aromatic heterocycles. The van der Waals surface area contributed by atoms with E-state index in [9.17, 15) is 14.9 Å². The average molecular weight is 356 g/mol. The number of halogens is 2. The Morgan fingerprint density at radius 2 is 1.83 bits per heavy atom. The molecule has 120 valence electrons. The number of nitro benzene ring substituents is 1. The number of carbonyl (C=O) groups is 1. The molecule has 23 heavy (non-hydrogen) atoms. The van der Waals surface area contributed by atoms with Gasteiger partial charge in [0, 0.05) is 27.7 Å². The van der Waals surface area contributed by atoms with Crippen molar-refractivity contribution in [1.82, 2.24) is 0 Å². The Morgan fingerprint density at radius 1 is 1.13 bits per heavy atom. The van der Waals surface area contributed by atoms with E-state index in [0.29, 0.717) is 21.4 Å². The molecule has 0 radical (unpaired) electrons. The molecular formula is C15H11Cl2NO5. The Bertz CT molecular complexity index is 718. The van der Waals surface area contributed by atoms with Crippen molar-refractivity contribution >= 4 is 34.9 Å². The Labute approximate surface area is 141 Å². The quantitative estimate of drug-likeness (QED) is 0.444. The number of carbonyl (C=O) groups excluding carboxylic acids is 1. The van der Waals surface area contributed by atoms with E-state index in [1.54, 1.807) is 18.2 Å².